The van der Waals surface area contributed by atoms with E-state index in [1.807, 2.05) is 0 Å². The molecule has 0 bridgehead atoms. The largest absolute Gasteiger partial charge is 0.444 e. The minimum Gasteiger partial charge on any atom is -0.444 e. The summed E-state index contributed by atoms with van der Waals surface area (Å²) in [5, 5.41) is 5.28. The van der Waals surface area contributed by atoms with E-state index in [0.29, 0.717) is 15.2 Å². The van der Waals surface area contributed by atoms with Gasteiger partial charge in [-0.15, -0.1) is 0 Å². The maximum absolute atomic E-state index is 15.0. The smallest absolute Gasteiger partial charge is 0.413 e. The fourth-order valence-corrected chi connectivity index (χ4v) is 3.99. The van der Waals surface area contributed by atoms with Crippen molar-refractivity contribution < 1.29 is 23.5 Å². The molecule has 0 fully saturated rings. The van der Waals surface area contributed by atoms with E-state index in [4.69, 9.17) is 9.47 Å². The van der Waals surface area contributed by atoms with Crippen LogP contribution in [0.1, 0.15) is 59.9 Å². The van der Waals surface area contributed by atoms with Crippen LogP contribution in [0.25, 0.3) is 0 Å². The molecule has 1 aromatic heterocycles. The monoisotopic (exact) mass is 585 g/mol. The molecular formula is C23H29FIN5O4. The van der Waals surface area contributed by atoms with Crippen LogP contribution in [0.15, 0.2) is 29.4 Å². The molecule has 9 nitrogen and oxygen atoms in total. The van der Waals surface area contributed by atoms with Crippen LogP contribution in [0, 0.1) is 9.52 Å². The first-order valence-corrected chi connectivity index (χ1v) is 11.8. The summed E-state index contributed by atoms with van der Waals surface area (Å²) in [7, 11) is 0. The number of aromatic nitrogens is 2. The van der Waals surface area contributed by atoms with Crippen molar-refractivity contribution in [2.24, 2.45) is 4.99 Å². The zero-order chi connectivity index (χ0) is 25.5. The average Bonchev–Trinajstić information content (AvgIpc) is 3.00. The Hall–Kier alpha value is -2.70. The molecular weight excluding hydrogens is 556 g/mol. The van der Waals surface area contributed by atoms with E-state index in [1.165, 1.54) is 18.2 Å². The summed E-state index contributed by atoms with van der Waals surface area (Å²) < 4.78 is 28.2. The van der Waals surface area contributed by atoms with Gasteiger partial charge in [-0.1, -0.05) is 0 Å². The van der Waals surface area contributed by atoms with Crippen molar-refractivity contribution in [1.82, 2.24) is 14.9 Å². The number of fused-ring (bicyclic) bond motifs is 1. The van der Waals surface area contributed by atoms with Gasteiger partial charge < -0.3 is 14.0 Å². The van der Waals surface area contributed by atoms with Gasteiger partial charge in [0, 0.05) is 17.4 Å². The highest BCUT2D eigenvalue weighted by Crippen LogP contribution is 2.35. The Morgan fingerprint density at radius 2 is 1.68 bits per heavy atom. The summed E-state index contributed by atoms with van der Waals surface area (Å²) in [4.78, 5) is 33.8. The molecule has 0 spiro atoms. The molecule has 0 unspecified atom stereocenters. The van der Waals surface area contributed by atoms with E-state index in [-0.39, 0.29) is 17.9 Å². The standard InChI is InChI=1S/C23H29FIN5O4/c1-21(2,3)33-19(31)26-13-8-9-15(24)14(10-13)23(7)12-30-11-16(25)27-18(30)17(29-23)28-20(32)34-22(4,5)6/h8-11H,12H2,1-7H3,(H,26,31)(H,28,29,32)/t23-/m0/s1. The van der Waals surface area contributed by atoms with Crippen molar-refractivity contribution >= 4 is 46.3 Å². The lowest BCUT2D eigenvalue weighted by Gasteiger charge is -2.32. The van der Waals surface area contributed by atoms with E-state index in [9.17, 15) is 9.59 Å². The van der Waals surface area contributed by atoms with Crippen LogP contribution in [-0.4, -0.2) is 38.8 Å². The molecule has 1 aromatic carbocycles. The normalized spacial score (nSPS) is 18.0. The molecule has 34 heavy (non-hydrogen) atoms. The zero-order valence-corrected chi connectivity index (χ0v) is 22.4. The first-order chi connectivity index (χ1) is 15.5. The number of anilines is 1. The fraction of sp³-hybridized carbons (Fsp3) is 0.478. The predicted molar refractivity (Wildman–Crippen MR) is 134 cm³/mol. The van der Waals surface area contributed by atoms with Crippen molar-refractivity contribution in [3.05, 3.63) is 45.3 Å². The maximum Gasteiger partial charge on any atom is 0.413 e. The number of benzene rings is 1. The number of carbonyl (C=O) groups excluding carboxylic acids is 2. The molecule has 0 saturated carbocycles. The molecule has 2 N–H and O–H groups in total. The van der Waals surface area contributed by atoms with Gasteiger partial charge in [0.2, 0.25) is 0 Å². The van der Waals surface area contributed by atoms with Gasteiger partial charge in [0.1, 0.15) is 26.3 Å². The summed E-state index contributed by atoms with van der Waals surface area (Å²) in [6.07, 6.45) is 0.447. The van der Waals surface area contributed by atoms with Crippen molar-refractivity contribution in [1.29, 1.82) is 0 Å². The maximum atomic E-state index is 15.0. The van der Waals surface area contributed by atoms with Gasteiger partial charge >= 0.3 is 12.2 Å². The molecule has 1 aliphatic rings. The number of aliphatic imine (C=N–C) groups is 1. The van der Waals surface area contributed by atoms with E-state index in [1.54, 1.807) is 59.2 Å². The van der Waals surface area contributed by atoms with Crippen LogP contribution in [0.3, 0.4) is 0 Å². The van der Waals surface area contributed by atoms with Crippen molar-refractivity contribution in [2.45, 2.75) is 71.8 Å². The Kier molecular flexibility index (Phi) is 6.98. The van der Waals surface area contributed by atoms with Gasteiger partial charge in [-0.2, -0.15) is 0 Å². The van der Waals surface area contributed by atoms with Gasteiger partial charge in [-0.3, -0.25) is 15.6 Å². The Morgan fingerprint density at radius 3 is 2.26 bits per heavy atom. The summed E-state index contributed by atoms with van der Waals surface area (Å²) in [5.41, 5.74) is -1.91. The number of imidazole rings is 1. The lowest BCUT2D eigenvalue weighted by Crippen LogP contribution is -2.43. The third kappa shape index (κ3) is 6.45. The third-order valence-corrected chi connectivity index (χ3v) is 5.13. The third-order valence-electron chi connectivity index (χ3n) is 4.61. The molecule has 3 rings (SSSR count). The highest BCUT2D eigenvalue weighted by Gasteiger charge is 2.37. The molecule has 0 aliphatic carbocycles. The van der Waals surface area contributed by atoms with E-state index < -0.39 is 34.7 Å². The van der Waals surface area contributed by atoms with E-state index in [0.717, 1.165) is 0 Å². The summed E-state index contributed by atoms with van der Waals surface area (Å²) in [5.74, 6) is 0.0999. The van der Waals surface area contributed by atoms with E-state index in [2.05, 4.69) is 43.2 Å². The minimum atomic E-state index is -1.11. The highest BCUT2D eigenvalue weighted by atomic mass is 127. The van der Waals surface area contributed by atoms with E-state index >= 15 is 4.39 Å². The second kappa shape index (κ2) is 9.16. The van der Waals surface area contributed by atoms with Crippen LogP contribution in [0.5, 0.6) is 0 Å². The van der Waals surface area contributed by atoms with Crippen molar-refractivity contribution in [3.8, 4) is 0 Å². The number of nitrogens with zero attached hydrogens (tertiary/aromatic N) is 3. The molecule has 184 valence electrons. The predicted octanol–water partition coefficient (Wildman–Crippen LogP) is 5.17. The minimum absolute atomic E-state index is 0.163. The summed E-state index contributed by atoms with van der Waals surface area (Å²) in [6, 6.07) is 4.22. The molecule has 11 heteroatoms. The van der Waals surface area contributed by atoms with Crippen LogP contribution >= 0.6 is 22.6 Å². The van der Waals surface area contributed by atoms with Crippen molar-refractivity contribution in [2.75, 3.05) is 5.32 Å². The van der Waals surface area contributed by atoms with Gasteiger partial charge in [0.15, 0.2) is 11.7 Å². The zero-order valence-electron chi connectivity index (χ0n) is 20.2. The summed E-state index contributed by atoms with van der Waals surface area (Å²) in [6.45, 7) is 12.5. The number of ether oxygens (including phenoxy) is 2. The Labute approximate surface area is 211 Å². The number of amides is 2. The molecule has 2 heterocycles. The highest BCUT2D eigenvalue weighted by molar-refractivity contribution is 14.1. The average molecular weight is 585 g/mol. The van der Waals surface area contributed by atoms with Crippen LogP contribution in [-0.2, 0) is 21.6 Å². The second-order valence-electron chi connectivity index (χ2n) is 10.2. The molecule has 2 aromatic rings. The lowest BCUT2D eigenvalue weighted by atomic mass is 9.90. The van der Waals surface area contributed by atoms with Crippen LogP contribution in [0.2, 0.25) is 0 Å². The second-order valence-corrected chi connectivity index (χ2v) is 11.3. The Bertz CT molecular complexity index is 1150. The number of hydrogen-bond acceptors (Lipinski definition) is 6. The van der Waals surface area contributed by atoms with Gasteiger partial charge in [-0.05, 0) is 89.3 Å². The number of carbonyl (C=O) groups is 2. The fourth-order valence-electron chi connectivity index (χ4n) is 3.42. The number of amidine groups is 1. The van der Waals surface area contributed by atoms with Gasteiger partial charge in [0.25, 0.3) is 0 Å². The van der Waals surface area contributed by atoms with Crippen LogP contribution < -0.4 is 10.6 Å². The lowest BCUT2D eigenvalue weighted by molar-refractivity contribution is 0.0560. The first kappa shape index (κ1) is 25.9. The number of rotatable bonds is 2. The van der Waals surface area contributed by atoms with Crippen LogP contribution in [0.4, 0.5) is 19.7 Å². The summed E-state index contributed by atoms with van der Waals surface area (Å²) >= 11 is 2.06. The molecule has 2 amide bonds. The number of hydrogen-bond donors (Lipinski definition) is 2. The van der Waals surface area contributed by atoms with Gasteiger partial charge in [-0.25, -0.2) is 19.0 Å². The quantitative estimate of drug-likeness (QED) is 0.473. The molecule has 0 saturated heterocycles. The first-order valence-electron chi connectivity index (χ1n) is 10.7. The Morgan fingerprint density at radius 1 is 1.09 bits per heavy atom. The Balaban J connectivity index is 1.97. The topological polar surface area (TPSA) is 107 Å². The SMILES string of the molecule is CC(C)(C)OC(=O)NC1=N[C@](C)(c2cc(NC(=O)OC(C)(C)C)ccc2F)Cn2cc(I)nc21. The van der Waals surface area contributed by atoms with Crippen molar-refractivity contribution in [3.63, 3.8) is 0 Å². The number of alkyl carbamates (subject to hydrolysis) is 1. The molecule has 1 aliphatic heterocycles. The number of halogens is 2. The molecule has 1 atom stereocenters. The van der Waals surface area contributed by atoms with Gasteiger partial charge in [0.05, 0.1) is 6.54 Å². The number of nitrogens with one attached hydrogen (secondary N) is 2. The molecule has 0 radical (unpaired) electrons.